The predicted octanol–water partition coefficient (Wildman–Crippen LogP) is 6.11. The maximum absolute atomic E-state index is 13.7. The fraction of sp³-hybridized carbons (Fsp3) is 0.344. The molecule has 0 radical (unpaired) electrons. The third-order valence-corrected chi connectivity index (χ3v) is 7.94. The minimum atomic E-state index is -0.121. The number of rotatable bonds is 9. The molecule has 39 heavy (non-hydrogen) atoms. The Balaban J connectivity index is 1.25. The van der Waals surface area contributed by atoms with Crippen molar-refractivity contribution < 1.29 is 4.79 Å². The third kappa shape index (κ3) is 5.45. The van der Waals surface area contributed by atoms with E-state index in [1.54, 1.807) is 6.20 Å². The van der Waals surface area contributed by atoms with E-state index in [-0.39, 0.29) is 11.9 Å². The molecule has 2 N–H and O–H groups in total. The van der Waals surface area contributed by atoms with Crippen molar-refractivity contribution in [1.82, 2.24) is 29.7 Å². The Morgan fingerprint density at radius 3 is 2.79 bits per heavy atom. The number of pyridine rings is 1. The van der Waals surface area contributed by atoms with Gasteiger partial charge in [0.25, 0.3) is 0 Å². The number of aromatic nitrogens is 4. The minimum Gasteiger partial charge on any atom is -0.360 e. The van der Waals surface area contributed by atoms with E-state index >= 15 is 0 Å². The number of nitrogens with zero attached hydrogens (tertiary/aromatic N) is 4. The summed E-state index contributed by atoms with van der Waals surface area (Å²) in [7, 11) is 0. The van der Waals surface area contributed by atoms with Crippen LogP contribution in [0.1, 0.15) is 50.0 Å². The summed E-state index contributed by atoms with van der Waals surface area (Å²) in [6, 6.07) is 18.6. The summed E-state index contributed by atoms with van der Waals surface area (Å²) < 4.78 is 0. The first-order valence-corrected chi connectivity index (χ1v) is 14.2. The van der Waals surface area contributed by atoms with E-state index < -0.39 is 0 Å². The molecule has 1 unspecified atom stereocenters. The van der Waals surface area contributed by atoms with E-state index in [9.17, 15) is 4.79 Å². The Hall–Kier alpha value is -3.97. The number of carbonyl (C=O) groups excluding carboxylic acids is 1. The molecule has 6 rings (SSSR count). The van der Waals surface area contributed by atoms with Crippen LogP contribution in [0.25, 0.3) is 33.1 Å². The van der Waals surface area contributed by atoms with Gasteiger partial charge >= 0.3 is 0 Å². The van der Waals surface area contributed by atoms with Gasteiger partial charge in [0.2, 0.25) is 5.91 Å². The Labute approximate surface area is 229 Å². The lowest BCUT2D eigenvalue weighted by atomic mass is 10.1. The van der Waals surface area contributed by atoms with Crippen LogP contribution < -0.4 is 0 Å². The van der Waals surface area contributed by atoms with Gasteiger partial charge in [-0.15, -0.1) is 0 Å². The Morgan fingerprint density at radius 2 is 1.90 bits per heavy atom. The van der Waals surface area contributed by atoms with Gasteiger partial charge in [0.1, 0.15) is 11.9 Å². The number of H-pyrrole nitrogens is 2. The molecule has 3 aromatic heterocycles. The van der Waals surface area contributed by atoms with E-state index in [4.69, 9.17) is 4.98 Å². The lowest BCUT2D eigenvalue weighted by Crippen LogP contribution is -2.51. The van der Waals surface area contributed by atoms with Crippen LogP contribution in [0.2, 0.25) is 0 Å². The van der Waals surface area contributed by atoms with E-state index in [2.05, 4.69) is 69.2 Å². The van der Waals surface area contributed by atoms with Crippen molar-refractivity contribution in [1.29, 1.82) is 0 Å². The number of benzene rings is 2. The highest BCUT2D eigenvalue weighted by molar-refractivity contribution is 5.87. The SMILES string of the molecule is CCCCCCN1CCN(C(=O)Cc2c[nH]c3cccnc23)C(c2ncc(-c3ccc4ccccc4c3)[nH]2)C1. The van der Waals surface area contributed by atoms with Crippen molar-refractivity contribution in [2.45, 2.75) is 45.1 Å². The van der Waals surface area contributed by atoms with Crippen molar-refractivity contribution in [2.75, 3.05) is 26.2 Å². The van der Waals surface area contributed by atoms with Gasteiger partial charge in [-0.05, 0) is 41.9 Å². The van der Waals surface area contributed by atoms with Crippen LogP contribution in [0, 0.1) is 0 Å². The fourth-order valence-electron chi connectivity index (χ4n) is 5.76. The van der Waals surface area contributed by atoms with Crippen molar-refractivity contribution in [3.05, 3.63) is 84.6 Å². The summed E-state index contributed by atoms with van der Waals surface area (Å²) in [4.78, 5) is 34.4. The van der Waals surface area contributed by atoms with Gasteiger partial charge in [-0.1, -0.05) is 62.6 Å². The predicted molar refractivity (Wildman–Crippen MR) is 156 cm³/mol. The molecular weight excluding hydrogens is 484 g/mol. The Morgan fingerprint density at radius 1 is 1.00 bits per heavy atom. The maximum atomic E-state index is 13.7. The molecule has 0 aliphatic carbocycles. The van der Waals surface area contributed by atoms with Crippen molar-refractivity contribution in [3.63, 3.8) is 0 Å². The highest BCUT2D eigenvalue weighted by Crippen LogP contribution is 2.29. The third-order valence-electron chi connectivity index (χ3n) is 7.94. The van der Waals surface area contributed by atoms with E-state index in [0.717, 1.165) is 53.3 Å². The van der Waals surface area contributed by atoms with Gasteiger partial charge in [-0.3, -0.25) is 14.7 Å². The number of hydrogen-bond donors (Lipinski definition) is 2. The maximum Gasteiger partial charge on any atom is 0.227 e. The molecule has 0 bridgehead atoms. The number of hydrogen-bond acceptors (Lipinski definition) is 4. The van der Waals surface area contributed by atoms with Crippen LogP contribution in [0.3, 0.4) is 0 Å². The van der Waals surface area contributed by atoms with Gasteiger partial charge in [0.05, 0.1) is 29.3 Å². The topological polar surface area (TPSA) is 80.9 Å². The molecule has 1 atom stereocenters. The number of imidazole rings is 1. The van der Waals surface area contributed by atoms with Crippen LogP contribution in [0.15, 0.2) is 73.2 Å². The molecule has 0 spiro atoms. The van der Waals surface area contributed by atoms with E-state index in [1.165, 1.54) is 36.5 Å². The average Bonchev–Trinajstić information content (AvgIpc) is 3.63. The molecule has 1 saturated heterocycles. The van der Waals surface area contributed by atoms with Crippen LogP contribution in [-0.4, -0.2) is 61.8 Å². The van der Waals surface area contributed by atoms with Gasteiger partial charge in [0, 0.05) is 43.2 Å². The van der Waals surface area contributed by atoms with Crippen LogP contribution >= 0.6 is 0 Å². The first-order valence-electron chi connectivity index (χ1n) is 14.2. The summed E-state index contributed by atoms with van der Waals surface area (Å²) in [5, 5.41) is 2.42. The second kappa shape index (κ2) is 11.4. The van der Waals surface area contributed by atoms with Gasteiger partial charge < -0.3 is 14.9 Å². The largest absolute Gasteiger partial charge is 0.360 e. The second-order valence-corrected chi connectivity index (χ2v) is 10.6. The number of amides is 1. The van der Waals surface area contributed by atoms with Crippen LogP contribution in [0.4, 0.5) is 0 Å². The first-order chi connectivity index (χ1) is 19.2. The number of aromatic amines is 2. The molecule has 7 heteroatoms. The number of carbonyl (C=O) groups is 1. The number of nitrogens with one attached hydrogen (secondary N) is 2. The molecule has 200 valence electrons. The minimum absolute atomic E-state index is 0.112. The number of piperazine rings is 1. The summed E-state index contributed by atoms with van der Waals surface area (Å²) in [6.45, 7) is 5.67. The van der Waals surface area contributed by atoms with Gasteiger partial charge in [-0.25, -0.2) is 4.98 Å². The smallest absolute Gasteiger partial charge is 0.227 e. The molecule has 1 fully saturated rings. The zero-order valence-corrected chi connectivity index (χ0v) is 22.6. The number of unbranched alkanes of at least 4 members (excludes halogenated alkanes) is 3. The molecule has 1 aliphatic heterocycles. The van der Waals surface area contributed by atoms with Crippen LogP contribution in [-0.2, 0) is 11.2 Å². The van der Waals surface area contributed by atoms with Crippen molar-refractivity contribution in [2.24, 2.45) is 0 Å². The van der Waals surface area contributed by atoms with Crippen molar-refractivity contribution >= 4 is 27.7 Å². The monoisotopic (exact) mass is 520 g/mol. The van der Waals surface area contributed by atoms with E-state index in [0.29, 0.717) is 13.0 Å². The quantitative estimate of drug-likeness (QED) is 0.230. The highest BCUT2D eigenvalue weighted by Gasteiger charge is 2.33. The molecule has 1 aliphatic rings. The summed E-state index contributed by atoms with van der Waals surface area (Å²) in [5.74, 6) is 0.961. The zero-order valence-electron chi connectivity index (χ0n) is 22.6. The average molecular weight is 521 g/mol. The second-order valence-electron chi connectivity index (χ2n) is 10.6. The zero-order chi connectivity index (χ0) is 26.6. The van der Waals surface area contributed by atoms with E-state index in [1.807, 2.05) is 29.4 Å². The molecule has 7 nitrogen and oxygen atoms in total. The molecule has 2 aromatic carbocycles. The molecular formula is C32H36N6O. The molecule has 5 aromatic rings. The lowest BCUT2D eigenvalue weighted by molar-refractivity contribution is -0.135. The van der Waals surface area contributed by atoms with Gasteiger partial charge in [-0.2, -0.15) is 0 Å². The standard InChI is InChI=1S/C32H36N6O/c1-2-3-4-7-15-37-16-17-38(30(39)19-26-20-34-27-11-8-14-33-31(26)27)29(22-37)32-35-21-28(36-32)25-13-12-23-9-5-6-10-24(23)18-25/h5-6,8-14,18,20-21,29,34H,2-4,7,15-17,19,22H2,1H3,(H,35,36). The number of fused-ring (bicyclic) bond motifs is 2. The highest BCUT2D eigenvalue weighted by atomic mass is 16.2. The lowest BCUT2D eigenvalue weighted by Gasteiger charge is -2.40. The summed E-state index contributed by atoms with van der Waals surface area (Å²) >= 11 is 0. The Kier molecular flexibility index (Phi) is 7.41. The fourth-order valence-corrected chi connectivity index (χ4v) is 5.76. The van der Waals surface area contributed by atoms with Crippen molar-refractivity contribution in [3.8, 4) is 11.3 Å². The summed E-state index contributed by atoms with van der Waals surface area (Å²) in [5.41, 5.74) is 4.84. The normalized spacial score (nSPS) is 16.3. The molecule has 4 heterocycles. The van der Waals surface area contributed by atoms with Gasteiger partial charge in [0.15, 0.2) is 0 Å². The molecule has 1 amide bonds. The first kappa shape index (κ1) is 25.3. The molecule has 0 saturated carbocycles. The Bertz CT molecular complexity index is 1570. The summed E-state index contributed by atoms with van der Waals surface area (Å²) in [6.07, 6.45) is 10.9. The van der Waals surface area contributed by atoms with Crippen LogP contribution in [0.5, 0.6) is 0 Å².